The number of hydrogen-bond donors (Lipinski definition) is 0. The van der Waals surface area contributed by atoms with Crippen molar-refractivity contribution in [2.45, 2.75) is 38.9 Å². The second kappa shape index (κ2) is 3.37. The van der Waals surface area contributed by atoms with Gasteiger partial charge in [-0.2, -0.15) is 0 Å². The Morgan fingerprint density at radius 1 is 1.21 bits per heavy atom. The van der Waals surface area contributed by atoms with Crippen LogP contribution in [0.1, 0.15) is 39.6 Å². The highest BCUT2D eigenvalue weighted by atomic mass is 79.9. The van der Waals surface area contributed by atoms with Crippen LogP contribution in [0, 0.1) is 26.7 Å². The summed E-state index contributed by atoms with van der Waals surface area (Å²) in [6, 6.07) is 2.33. The Kier molecular flexibility index (Phi) is 2.46. The fourth-order valence-corrected chi connectivity index (χ4v) is 3.33. The highest BCUT2D eigenvalue weighted by Crippen LogP contribution is 2.45. The molecule has 1 aliphatic carbocycles. The first-order valence-electron chi connectivity index (χ1n) is 5.26. The summed E-state index contributed by atoms with van der Waals surface area (Å²) in [4.78, 5) is 0.566. The smallest absolute Gasteiger partial charge is 0.0429 e. The molecule has 0 saturated heterocycles. The molecular formula is C13H17Br. The molecule has 0 radical (unpaired) electrons. The van der Waals surface area contributed by atoms with Gasteiger partial charge in [-0.05, 0) is 60.9 Å². The molecule has 0 N–H and O–H groups in total. The zero-order chi connectivity index (χ0) is 10.5. The Bertz CT molecular complexity index is 379. The monoisotopic (exact) mass is 252 g/mol. The first-order valence-corrected chi connectivity index (χ1v) is 6.17. The van der Waals surface area contributed by atoms with Gasteiger partial charge in [-0.3, -0.25) is 0 Å². The van der Waals surface area contributed by atoms with Crippen molar-refractivity contribution in [1.82, 2.24) is 0 Å². The van der Waals surface area contributed by atoms with Crippen molar-refractivity contribution in [3.05, 3.63) is 33.9 Å². The molecule has 0 amide bonds. The minimum Gasteiger partial charge on any atom is -0.0836 e. The molecule has 2 atom stereocenters. The molecule has 1 aliphatic rings. The Balaban J connectivity index is 2.67. The van der Waals surface area contributed by atoms with Crippen LogP contribution in [0.3, 0.4) is 0 Å². The van der Waals surface area contributed by atoms with Gasteiger partial charge in [-0.1, -0.05) is 28.9 Å². The van der Waals surface area contributed by atoms with Gasteiger partial charge in [0, 0.05) is 4.83 Å². The van der Waals surface area contributed by atoms with E-state index in [4.69, 9.17) is 0 Å². The summed E-state index contributed by atoms with van der Waals surface area (Å²) < 4.78 is 0. The summed E-state index contributed by atoms with van der Waals surface area (Å²) in [5.74, 6) is 0.740. The second-order valence-corrected chi connectivity index (χ2v) is 5.60. The molecule has 0 aromatic heterocycles. The lowest BCUT2D eigenvalue weighted by Gasteiger charge is -2.14. The average Bonchev–Trinajstić information content (AvgIpc) is 2.41. The Hall–Kier alpha value is -0.300. The molecule has 1 aromatic carbocycles. The van der Waals surface area contributed by atoms with Crippen LogP contribution in [0.2, 0.25) is 0 Å². The number of fused-ring (bicyclic) bond motifs is 1. The van der Waals surface area contributed by atoms with Crippen molar-refractivity contribution >= 4 is 15.9 Å². The van der Waals surface area contributed by atoms with Crippen molar-refractivity contribution < 1.29 is 0 Å². The Labute approximate surface area is 94.8 Å². The van der Waals surface area contributed by atoms with E-state index in [1.165, 1.54) is 23.1 Å². The van der Waals surface area contributed by atoms with E-state index >= 15 is 0 Å². The molecule has 1 aromatic rings. The quantitative estimate of drug-likeness (QED) is 0.606. The van der Waals surface area contributed by atoms with E-state index < -0.39 is 0 Å². The minimum absolute atomic E-state index is 0.566. The maximum Gasteiger partial charge on any atom is 0.0429 e. The van der Waals surface area contributed by atoms with Gasteiger partial charge in [0.1, 0.15) is 0 Å². The van der Waals surface area contributed by atoms with Crippen LogP contribution in [0.25, 0.3) is 0 Å². The van der Waals surface area contributed by atoms with Crippen LogP contribution in [-0.2, 0) is 6.42 Å². The predicted octanol–water partition coefficient (Wildman–Crippen LogP) is 4.24. The maximum absolute atomic E-state index is 3.82. The van der Waals surface area contributed by atoms with Crippen LogP contribution < -0.4 is 0 Å². The van der Waals surface area contributed by atoms with Gasteiger partial charge in [-0.25, -0.2) is 0 Å². The van der Waals surface area contributed by atoms with Gasteiger partial charge >= 0.3 is 0 Å². The second-order valence-electron chi connectivity index (χ2n) is 4.61. The molecule has 0 saturated carbocycles. The van der Waals surface area contributed by atoms with Gasteiger partial charge < -0.3 is 0 Å². The van der Waals surface area contributed by atoms with E-state index in [9.17, 15) is 0 Å². The molecule has 0 nitrogen and oxygen atoms in total. The van der Waals surface area contributed by atoms with Crippen molar-refractivity contribution in [2.24, 2.45) is 5.92 Å². The van der Waals surface area contributed by atoms with Gasteiger partial charge in [-0.15, -0.1) is 0 Å². The minimum atomic E-state index is 0.566. The number of rotatable bonds is 0. The van der Waals surface area contributed by atoms with Crippen molar-refractivity contribution in [1.29, 1.82) is 0 Å². The SMILES string of the molecule is Cc1cc(C)c2c(c1C)C(Br)C(C)C2. The number of benzene rings is 1. The molecule has 0 spiro atoms. The van der Waals surface area contributed by atoms with Gasteiger partial charge in [0.2, 0.25) is 0 Å². The summed E-state index contributed by atoms with van der Waals surface area (Å²) in [5.41, 5.74) is 7.53. The molecule has 0 fully saturated rings. The molecule has 14 heavy (non-hydrogen) atoms. The highest BCUT2D eigenvalue weighted by molar-refractivity contribution is 9.09. The van der Waals surface area contributed by atoms with Crippen molar-refractivity contribution in [3.63, 3.8) is 0 Å². The third-order valence-electron chi connectivity index (χ3n) is 3.53. The van der Waals surface area contributed by atoms with E-state index in [-0.39, 0.29) is 0 Å². The number of halogens is 1. The van der Waals surface area contributed by atoms with Crippen molar-refractivity contribution in [2.75, 3.05) is 0 Å². The van der Waals surface area contributed by atoms with E-state index in [2.05, 4.69) is 49.7 Å². The molecule has 76 valence electrons. The molecule has 2 unspecified atom stereocenters. The summed E-state index contributed by atoms with van der Waals surface area (Å²) in [6.45, 7) is 9.03. The van der Waals surface area contributed by atoms with E-state index in [1.807, 2.05) is 0 Å². The largest absolute Gasteiger partial charge is 0.0836 e. The normalized spacial score (nSPS) is 25.2. The lowest BCUT2D eigenvalue weighted by molar-refractivity contribution is 0.621. The molecular weight excluding hydrogens is 236 g/mol. The topological polar surface area (TPSA) is 0 Å². The molecule has 2 rings (SSSR count). The Morgan fingerprint density at radius 2 is 1.86 bits per heavy atom. The standard InChI is InChI=1S/C13H17Br/c1-7-5-8(2)11-6-9(3)13(14)12(11)10(7)4/h5,9,13H,6H2,1-4H3. The van der Waals surface area contributed by atoms with E-state index in [1.54, 1.807) is 11.1 Å². The molecule has 0 bridgehead atoms. The highest BCUT2D eigenvalue weighted by Gasteiger charge is 2.30. The van der Waals surface area contributed by atoms with Gasteiger partial charge in [0.25, 0.3) is 0 Å². The van der Waals surface area contributed by atoms with Gasteiger partial charge in [0.05, 0.1) is 0 Å². The molecule has 1 heteroatoms. The lowest BCUT2D eigenvalue weighted by Crippen LogP contribution is -1.97. The van der Waals surface area contributed by atoms with Gasteiger partial charge in [0.15, 0.2) is 0 Å². The first-order chi connectivity index (χ1) is 6.52. The zero-order valence-electron chi connectivity index (χ0n) is 9.32. The Morgan fingerprint density at radius 3 is 2.50 bits per heavy atom. The van der Waals surface area contributed by atoms with Crippen LogP contribution in [0.15, 0.2) is 6.07 Å². The lowest BCUT2D eigenvalue weighted by atomic mass is 9.95. The van der Waals surface area contributed by atoms with E-state index in [0.29, 0.717) is 4.83 Å². The van der Waals surface area contributed by atoms with Crippen LogP contribution in [-0.4, -0.2) is 0 Å². The first kappa shape index (κ1) is 10.2. The maximum atomic E-state index is 3.82. The summed E-state index contributed by atoms with van der Waals surface area (Å²) in [5, 5.41) is 0. The van der Waals surface area contributed by atoms with Crippen LogP contribution >= 0.6 is 15.9 Å². The summed E-state index contributed by atoms with van der Waals surface area (Å²) in [7, 11) is 0. The predicted molar refractivity (Wildman–Crippen MR) is 65.2 cm³/mol. The third-order valence-corrected chi connectivity index (χ3v) is 4.89. The molecule has 0 heterocycles. The van der Waals surface area contributed by atoms with E-state index in [0.717, 1.165) is 5.92 Å². The fraction of sp³-hybridized carbons (Fsp3) is 0.538. The number of hydrogen-bond acceptors (Lipinski definition) is 0. The van der Waals surface area contributed by atoms with Crippen LogP contribution in [0.4, 0.5) is 0 Å². The number of aryl methyl sites for hydroxylation is 2. The zero-order valence-corrected chi connectivity index (χ0v) is 10.9. The summed E-state index contributed by atoms with van der Waals surface area (Å²) >= 11 is 3.82. The fourth-order valence-electron chi connectivity index (χ4n) is 2.53. The number of alkyl halides is 1. The van der Waals surface area contributed by atoms with Crippen LogP contribution in [0.5, 0.6) is 0 Å². The summed E-state index contributed by atoms with van der Waals surface area (Å²) in [6.07, 6.45) is 1.23. The average molecular weight is 253 g/mol. The third kappa shape index (κ3) is 1.33. The molecule has 0 aliphatic heterocycles. The van der Waals surface area contributed by atoms with Crippen molar-refractivity contribution in [3.8, 4) is 0 Å².